The van der Waals surface area contributed by atoms with Gasteiger partial charge in [-0.2, -0.15) is 0 Å². The van der Waals surface area contributed by atoms with Gasteiger partial charge in [-0.25, -0.2) is 9.78 Å². The molecule has 4 rings (SSSR count). The molecule has 0 radical (unpaired) electrons. The van der Waals surface area contributed by atoms with Crippen molar-refractivity contribution in [2.45, 2.75) is 38.9 Å². The minimum atomic E-state index is -1.81. The van der Waals surface area contributed by atoms with Gasteiger partial charge in [0.05, 0.1) is 16.6 Å². The largest absolute Gasteiger partial charge is 0.459 e. The molecule has 1 aliphatic rings. The molecule has 0 saturated carbocycles. The van der Waals surface area contributed by atoms with Gasteiger partial charge in [0.15, 0.2) is 10.4 Å². The van der Waals surface area contributed by atoms with Crippen molar-refractivity contribution < 1.29 is 19.1 Å². The molecule has 1 aromatic heterocycles. The SMILES string of the molecule is C=C(C)[C@@H](C(=O)OCC(Cl)(Cl)Cl)N1C(=O)[C@@H](NC(=O)Cc2ccccc2)[C@H]1SSc1nc2ccccc2s1. The van der Waals surface area contributed by atoms with Crippen LogP contribution in [-0.2, 0) is 25.5 Å². The maximum atomic E-state index is 13.3. The average Bonchev–Trinajstić information content (AvgIpc) is 3.28. The van der Waals surface area contributed by atoms with Crippen LogP contribution >= 0.6 is 67.7 Å². The molecule has 3 aromatic rings. The molecule has 38 heavy (non-hydrogen) atoms. The number of benzene rings is 2. The van der Waals surface area contributed by atoms with Gasteiger partial charge in [-0.05, 0) is 41.0 Å². The predicted octanol–water partition coefficient (Wildman–Crippen LogP) is 5.79. The zero-order valence-corrected chi connectivity index (χ0v) is 24.7. The Labute approximate surface area is 246 Å². The van der Waals surface area contributed by atoms with Crippen molar-refractivity contribution in [3.05, 3.63) is 72.3 Å². The Hall–Kier alpha value is -1.95. The number of hydrogen-bond acceptors (Lipinski definition) is 8. The Bertz CT molecular complexity index is 1320. The Kier molecular flexibility index (Phi) is 9.54. The number of rotatable bonds is 10. The van der Waals surface area contributed by atoms with Gasteiger partial charge in [0.25, 0.3) is 0 Å². The van der Waals surface area contributed by atoms with Crippen LogP contribution < -0.4 is 5.32 Å². The molecule has 1 fully saturated rings. The first kappa shape index (κ1) is 29.0. The lowest BCUT2D eigenvalue weighted by Gasteiger charge is -2.49. The number of para-hydroxylation sites is 1. The number of fused-ring (bicyclic) bond motifs is 1. The number of likely N-dealkylation sites (tertiary alicyclic amines) is 1. The quantitative estimate of drug-likeness (QED) is 0.0997. The maximum Gasteiger partial charge on any atom is 0.333 e. The van der Waals surface area contributed by atoms with Crippen LogP contribution in [0, 0.1) is 0 Å². The first-order valence-electron chi connectivity index (χ1n) is 11.3. The third kappa shape index (κ3) is 7.16. The molecule has 0 aliphatic carbocycles. The highest BCUT2D eigenvalue weighted by molar-refractivity contribution is 8.77. The van der Waals surface area contributed by atoms with Gasteiger partial charge in [-0.15, -0.1) is 11.3 Å². The van der Waals surface area contributed by atoms with Crippen LogP contribution in [0.25, 0.3) is 10.2 Å². The molecule has 3 atom stereocenters. The molecule has 2 amide bonds. The van der Waals surface area contributed by atoms with E-state index in [-0.39, 0.29) is 12.3 Å². The van der Waals surface area contributed by atoms with Crippen LogP contribution in [0.15, 0.2) is 71.1 Å². The van der Waals surface area contributed by atoms with Crippen LogP contribution in [0.1, 0.15) is 12.5 Å². The van der Waals surface area contributed by atoms with Crippen LogP contribution in [0.5, 0.6) is 0 Å². The van der Waals surface area contributed by atoms with Crippen molar-refractivity contribution in [2.24, 2.45) is 0 Å². The van der Waals surface area contributed by atoms with E-state index in [0.717, 1.165) is 20.1 Å². The van der Waals surface area contributed by atoms with E-state index in [4.69, 9.17) is 39.5 Å². The van der Waals surface area contributed by atoms with Crippen molar-refractivity contribution in [2.75, 3.05) is 6.61 Å². The van der Waals surface area contributed by atoms with Crippen LogP contribution in [0.4, 0.5) is 0 Å². The summed E-state index contributed by atoms with van der Waals surface area (Å²) >= 11 is 18.7. The maximum absolute atomic E-state index is 13.3. The fraction of sp³-hybridized carbons (Fsp3) is 0.280. The summed E-state index contributed by atoms with van der Waals surface area (Å²) in [5.74, 6) is -1.52. The van der Waals surface area contributed by atoms with Crippen molar-refractivity contribution in [3.8, 4) is 0 Å². The van der Waals surface area contributed by atoms with E-state index < -0.39 is 39.7 Å². The highest BCUT2D eigenvalue weighted by Crippen LogP contribution is 2.45. The van der Waals surface area contributed by atoms with E-state index >= 15 is 0 Å². The molecule has 0 bridgehead atoms. The third-order valence-corrected chi connectivity index (χ3v) is 9.80. The second-order valence-corrected chi connectivity index (χ2v) is 14.6. The smallest absolute Gasteiger partial charge is 0.333 e. The molecule has 200 valence electrons. The number of nitrogens with zero attached hydrogens (tertiary/aromatic N) is 2. The highest BCUT2D eigenvalue weighted by atomic mass is 35.6. The van der Waals surface area contributed by atoms with Gasteiger partial charge >= 0.3 is 5.97 Å². The Morgan fingerprint density at radius 3 is 2.53 bits per heavy atom. The van der Waals surface area contributed by atoms with Crippen molar-refractivity contribution >= 4 is 95.7 Å². The second-order valence-electron chi connectivity index (χ2n) is 8.44. The Morgan fingerprint density at radius 1 is 1.18 bits per heavy atom. The molecule has 1 N–H and O–H groups in total. The summed E-state index contributed by atoms with van der Waals surface area (Å²) in [6.45, 7) is 5.00. The zero-order valence-electron chi connectivity index (χ0n) is 19.9. The number of esters is 1. The number of halogens is 3. The zero-order chi connectivity index (χ0) is 27.4. The molecule has 2 aromatic carbocycles. The molecule has 13 heteroatoms. The normalized spacial score (nSPS) is 18.1. The van der Waals surface area contributed by atoms with Gasteiger partial charge in [0.2, 0.25) is 15.6 Å². The van der Waals surface area contributed by atoms with Gasteiger partial charge < -0.3 is 15.0 Å². The van der Waals surface area contributed by atoms with E-state index in [2.05, 4.69) is 16.9 Å². The second kappa shape index (κ2) is 12.5. The standard InChI is InChI=1S/C25H22Cl3N3O4S3/c1-14(2)20(23(34)35-13-25(26,27)28)31-21(33)19(30-18(32)12-15-8-4-3-5-9-15)22(31)37-38-24-29-16-10-6-7-11-17(16)36-24/h3-11,19-20,22H,1,12-13H2,2H3,(H,30,32)/t19-,20+,22-/m1/s1. The predicted molar refractivity (Wildman–Crippen MR) is 156 cm³/mol. The number of amides is 2. The molecule has 7 nitrogen and oxygen atoms in total. The topological polar surface area (TPSA) is 88.6 Å². The lowest BCUT2D eigenvalue weighted by atomic mass is 9.99. The molecule has 2 heterocycles. The van der Waals surface area contributed by atoms with E-state index in [0.29, 0.717) is 5.57 Å². The first-order chi connectivity index (χ1) is 18.0. The summed E-state index contributed by atoms with van der Waals surface area (Å²) in [6, 6.07) is 15.0. The van der Waals surface area contributed by atoms with Crippen LogP contribution in [-0.4, -0.2) is 55.5 Å². The van der Waals surface area contributed by atoms with Crippen LogP contribution in [0.3, 0.4) is 0 Å². The van der Waals surface area contributed by atoms with Gasteiger partial charge in [-0.3, -0.25) is 9.59 Å². The van der Waals surface area contributed by atoms with Crippen molar-refractivity contribution in [3.63, 3.8) is 0 Å². The first-order valence-corrected chi connectivity index (χ1v) is 15.4. The number of aromatic nitrogens is 1. The number of nitrogens with one attached hydrogen (secondary N) is 1. The summed E-state index contributed by atoms with van der Waals surface area (Å²) in [4.78, 5) is 45.0. The number of ether oxygens (including phenoxy) is 1. The molecular weight excluding hydrogens is 609 g/mol. The average molecular weight is 631 g/mol. The summed E-state index contributed by atoms with van der Waals surface area (Å²) < 4.78 is 5.17. The summed E-state index contributed by atoms with van der Waals surface area (Å²) in [5.41, 5.74) is 2.05. The van der Waals surface area contributed by atoms with Crippen molar-refractivity contribution in [1.82, 2.24) is 15.2 Å². The molecule has 0 unspecified atom stereocenters. The minimum Gasteiger partial charge on any atom is -0.459 e. The molecular formula is C25H22Cl3N3O4S3. The van der Waals surface area contributed by atoms with Crippen molar-refractivity contribution in [1.29, 1.82) is 0 Å². The van der Waals surface area contributed by atoms with Gasteiger partial charge in [0.1, 0.15) is 18.0 Å². The number of alkyl halides is 3. The number of carbonyl (C=O) groups is 3. The summed E-state index contributed by atoms with van der Waals surface area (Å²) in [5, 5.41) is 2.21. The van der Waals surface area contributed by atoms with E-state index in [1.807, 2.05) is 54.6 Å². The van der Waals surface area contributed by atoms with E-state index in [1.54, 1.807) is 6.92 Å². The fourth-order valence-corrected chi connectivity index (χ4v) is 7.88. The third-order valence-electron chi connectivity index (χ3n) is 5.44. The Morgan fingerprint density at radius 2 is 1.87 bits per heavy atom. The summed E-state index contributed by atoms with van der Waals surface area (Å²) in [6.07, 6.45) is 0.113. The lowest BCUT2D eigenvalue weighted by Crippen LogP contribution is -2.73. The van der Waals surface area contributed by atoms with E-state index in [9.17, 15) is 14.4 Å². The molecule has 1 saturated heterocycles. The highest BCUT2D eigenvalue weighted by Gasteiger charge is 2.54. The van der Waals surface area contributed by atoms with Gasteiger partial charge in [-0.1, -0.05) is 94.6 Å². The minimum absolute atomic E-state index is 0.113. The number of carbonyl (C=O) groups excluding carboxylic acids is 3. The summed E-state index contributed by atoms with van der Waals surface area (Å²) in [7, 11) is 2.68. The van der Waals surface area contributed by atoms with E-state index in [1.165, 1.54) is 37.8 Å². The van der Waals surface area contributed by atoms with Crippen LogP contribution in [0.2, 0.25) is 0 Å². The number of hydrogen-bond donors (Lipinski definition) is 1. The fourth-order valence-electron chi connectivity index (χ4n) is 3.76. The number of thiazole rings is 1. The Balaban J connectivity index is 1.53. The van der Waals surface area contributed by atoms with Gasteiger partial charge in [0, 0.05) is 0 Å². The number of β-lactam (4-membered cyclic amide) rings is 1. The monoisotopic (exact) mass is 629 g/mol. The lowest BCUT2D eigenvalue weighted by molar-refractivity contribution is -0.162. The molecule has 1 aliphatic heterocycles. The molecule has 0 spiro atoms.